The minimum atomic E-state index is -0.560. The van der Waals surface area contributed by atoms with E-state index in [9.17, 15) is 14.4 Å². The fraction of sp³-hybridized carbons (Fsp3) is 0.407. The van der Waals surface area contributed by atoms with Crippen LogP contribution in [0.3, 0.4) is 0 Å². The predicted octanol–water partition coefficient (Wildman–Crippen LogP) is 4.06. The van der Waals surface area contributed by atoms with Crippen molar-refractivity contribution in [3.05, 3.63) is 69.8 Å². The number of benzene rings is 2. The molecule has 4 rings (SSSR count). The summed E-state index contributed by atoms with van der Waals surface area (Å²) >= 11 is 0. The highest BCUT2D eigenvalue weighted by molar-refractivity contribution is 5.83. The predicted molar refractivity (Wildman–Crippen MR) is 132 cm³/mol. The summed E-state index contributed by atoms with van der Waals surface area (Å²) in [6.07, 6.45) is 2.42. The highest BCUT2D eigenvalue weighted by Gasteiger charge is 2.42. The summed E-state index contributed by atoms with van der Waals surface area (Å²) < 4.78 is 11.2. The van der Waals surface area contributed by atoms with Gasteiger partial charge in [0.2, 0.25) is 5.91 Å². The topological polar surface area (TPSA) is 102 Å². The number of para-hydroxylation sites is 2. The van der Waals surface area contributed by atoms with Crippen LogP contribution >= 0.6 is 0 Å². The first-order valence-electron chi connectivity index (χ1n) is 12.0. The van der Waals surface area contributed by atoms with Gasteiger partial charge in [-0.1, -0.05) is 43.7 Å². The lowest BCUT2D eigenvalue weighted by Crippen LogP contribution is -2.46. The van der Waals surface area contributed by atoms with E-state index in [0.29, 0.717) is 29.6 Å². The Balaban J connectivity index is 1.62. The molecule has 1 aromatic heterocycles. The minimum absolute atomic E-state index is 0.0226. The van der Waals surface area contributed by atoms with E-state index in [2.05, 4.69) is 16.9 Å². The van der Waals surface area contributed by atoms with Crippen molar-refractivity contribution in [1.29, 1.82) is 0 Å². The van der Waals surface area contributed by atoms with E-state index in [1.807, 2.05) is 37.3 Å². The SMILES string of the molecule is CCCCN1C(=O)CCC(C(=O)OCc2nc3c(C)cccc3c(=O)[nH]2)C1c1ccccc1OC. The summed E-state index contributed by atoms with van der Waals surface area (Å²) in [5.41, 5.74) is 1.97. The number of ether oxygens (including phenoxy) is 2. The molecule has 0 radical (unpaired) electrons. The number of fused-ring (bicyclic) bond motifs is 1. The number of unbranched alkanes of at least 4 members (excludes halogenated alkanes) is 1. The lowest BCUT2D eigenvalue weighted by molar-refractivity contribution is -0.158. The van der Waals surface area contributed by atoms with Crippen LogP contribution in [0.1, 0.15) is 55.6 Å². The number of aryl methyl sites for hydroxylation is 1. The number of amides is 1. The average Bonchev–Trinajstić information content (AvgIpc) is 2.87. The van der Waals surface area contributed by atoms with Crippen LogP contribution in [0.4, 0.5) is 0 Å². The van der Waals surface area contributed by atoms with Gasteiger partial charge in [0.25, 0.3) is 5.56 Å². The second-order valence-electron chi connectivity index (χ2n) is 8.86. The van der Waals surface area contributed by atoms with Gasteiger partial charge in [-0.3, -0.25) is 14.4 Å². The number of nitrogens with one attached hydrogen (secondary N) is 1. The molecule has 1 fully saturated rings. The first kappa shape index (κ1) is 24.4. The molecule has 1 aliphatic rings. The van der Waals surface area contributed by atoms with Crippen molar-refractivity contribution < 1.29 is 19.1 Å². The number of hydrogen-bond acceptors (Lipinski definition) is 6. The van der Waals surface area contributed by atoms with Gasteiger partial charge in [0.15, 0.2) is 0 Å². The molecule has 8 nitrogen and oxygen atoms in total. The molecule has 35 heavy (non-hydrogen) atoms. The molecule has 2 heterocycles. The summed E-state index contributed by atoms with van der Waals surface area (Å²) in [6, 6.07) is 12.4. The fourth-order valence-electron chi connectivity index (χ4n) is 4.75. The zero-order valence-electron chi connectivity index (χ0n) is 20.4. The maximum Gasteiger partial charge on any atom is 0.311 e. The Labute approximate surface area is 204 Å². The second-order valence-corrected chi connectivity index (χ2v) is 8.86. The van der Waals surface area contributed by atoms with Crippen molar-refractivity contribution in [2.24, 2.45) is 5.92 Å². The molecule has 3 aromatic rings. The van der Waals surface area contributed by atoms with Crippen LogP contribution in [-0.2, 0) is 20.9 Å². The molecule has 0 spiro atoms. The van der Waals surface area contributed by atoms with Crippen LogP contribution < -0.4 is 10.3 Å². The molecule has 8 heteroatoms. The van der Waals surface area contributed by atoms with Crippen LogP contribution in [0.5, 0.6) is 5.75 Å². The molecular formula is C27H31N3O5. The summed E-state index contributed by atoms with van der Waals surface area (Å²) in [5, 5.41) is 0.494. The third kappa shape index (κ3) is 5.06. The van der Waals surface area contributed by atoms with E-state index in [4.69, 9.17) is 9.47 Å². The summed E-state index contributed by atoms with van der Waals surface area (Å²) in [4.78, 5) is 47.8. The smallest absolute Gasteiger partial charge is 0.311 e. The van der Waals surface area contributed by atoms with Crippen molar-refractivity contribution in [2.45, 2.75) is 52.2 Å². The van der Waals surface area contributed by atoms with E-state index < -0.39 is 17.9 Å². The van der Waals surface area contributed by atoms with Gasteiger partial charge in [0.1, 0.15) is 18.2 Å². The molecule has 0 bridgehead atoms. The summed E-state index contributed by atoms with van der Waals surface area (Å²) in [7, 11) is 1.58. The van der Waals surface area contributed by atoms with Gasteiger partial charge in [-0.25, -0.2) is 4.98 Å². The Morgan fingerprint density at radius 3 is 2.74 bits per heavy atom. The molecule has 1 aliphatic heterocycles. The van der Waals surface area contributed by atoms with Gasteiger partial charge in [-0.2, -0.15) is 0 Å². The van der Waals surface area contributed by atoms with Gasteiger partial charge >= 0.3 is 5.97 Å². The van der Waals surface area contributed by atoms with E-state index in [-0.39, 0.29) is 30.3 Å². The van der Waals surface area contributed by atoms with Crippen molar-refractivity contribution in [3.63, 3.8) is 0 Å². The lowest BCUT2D eigenvalue weighted by atomic mass is 9.83. The first-order chi connectivity index (χ1) is 16.9. The number of hydrogen-bond donors (Lipinski definition) is 1. The number of aromatic amines is 1. The van der Waals surface area contributed by atoms with Gasteiger partial charge in [0.05, 0.1) is 30.0 Å². The maximum absolute atomic E-state index is 13.4. The molecule has 0 saturated carbocycles. The Hall–Kier alpha value is -3.68. The average molecular weight is 478 g/mol. The first-order valence-corrected chi connectivity index (χ1v) is 12.0. The van der Waals surface area contributed by atoms with Crippen molar-refractivity contribution in [3.8, 4) is 5.75 Å². The molecule has 2 atom stereocenters. The normalized spacial score (nSPS) is 18.0. The van der Waals surface area contributed by atoms with Gasteiger partial charge in [0, 0.05) is 18.5 Å². The largest absolute Gasteiger partial charge is 0.496 e. The molecule has 1 amide bonds. The zero-order chi connectivity index (χ0) is 24.9. The number of aromatic nitrogens is 2. The van der Waals surface area contributed by atoms with E-state index >= 15 is 0 Å². The number of likely N-dealkylation sites (tertiary alicyclic amines) is 1. The van der Waals surface area contributed by atoms with E-state index in [1.165, 1.54) is 0 Å². The van der Waals surface area contributed by atoms with Crippen molar-refractivity contribution >= 4 is 22.8 Å². The molecule has 0 aliphatic carbocycles. The lowest BCUT2D eigenvalue weighted by Gasteiger charge is -2.40. The Kier molecular flexibility index (Phi) is 7.48. The third-order valence-corrected chi connectivity index (χ3v) is 6.56. The molecular weight excluding hydrogens is 446 g/mol. The standard InChI is InChI=1S/C27H31N3O5/c1-4-5-15-30-23(31)14-13-20(25(30)18-10-6-7-12-21(18)34-3)27(33)35-16-22-28-24-17(2)9-8-11-19(24)26(32)29-22/h6-12,20,25H,4-5,13-16H2,1-3H3,(H,28,29,32). The Morgan fingerprint density at radius 2 is 1.97 bits per heavy atom. The number of carbonyl (C=O) groups excluding carboxylic acids is 2. The van der Waals surface area contributed by atoms with E-state index in [0.717, 1.165) is 24.0 Å². The molecule has 184 valence electrons. The number of rotatable bonds is 8. The highest BCUT2D eigenvalue weighted by atomic mass is 16.5. The van der Waals surface area contributed by atoms with E-state index in [1.54, 1.807) is 24.1 Å². The zero-order valence-corrected chi connectivity index (χ0v) is 20.4. The molecule has 2 aromatic carbocycles. The summed E-state index contributed by atoms with van der Waals surface area (Å²) in [6.45, 7) is 4.35. The van der Waals surface area contributed by atoms with Gasteiger partial charge in [-0.05, 0) is 37.5 Å². The van der Waals surface area contributed by atoms with Gasteiger partial charge in [-0.15, -0.1) is 0 Å². The second kappa shape index (κ2) is 10.7. The number of carbonyl (C=O) groups is 2. The van der Waals surface area contributed by atoms with Crippen molar-refractivity contribution in [1.82, 2.24) is 14.9 Å². The number of H-pyrrole nitrogens is 1. The fourth-order valence-corrected chi connectivity index (χ4v) is 4.75. The molecule has 1 N–H and O–H groups in total. The number of nitrogens with zero attached hydrogens (tertiary/aromatic N) is 2. The quantitative estimate of drug-likeness (QED) is 0.491. The summed E-state index contributed by atoms with van der Waals surface area (Å²) in [5.74, 6) is -0.0529. The number of piperidine rings is 1. The van der Waals surface area contributed by atoms with Crippen molar-refractivity contribution in [2.75, 3.05) is 13.7 Å². The third-order valence-electron chi connectivity index (χ3n) is 6.56. The van der Waals surface area contributed by atoms with Crippen LogP contribution in [-0.4, -0.2) is 40.4 Å². The van der Waals surface area contributed by atoms with Gasteiger partial charge < -0.3 is 19.4 Å². The number of esters is 1. The molecule has 2 unspecified atom stereocenters. The van der Waals surface area contributed by atoms with Crippen LogP contribution in [0, 0.1) is 12.8 Å². The minimum Gasteiger partial charge on any atom is -0.496 e. The molecule has 1 saturated heterocycles. The Bertz CT molecular complexity index is 1290. The highest BCUT2D eigenvalue weighted by Crippen LogP contribution is 2.41. The van der Waals surface area contributed by atoms with Crippen LogP contribution in [0.25, 0.3) is 10.9 Å². The Morgan fingerprint density at radius 1 is 1.17 bits per heavy atom. The maximum atomic E-state index is 13.4. The van der Waals surface area contributed by atoms with Crippen LogP contribution in [0.15, 0.2) is 47.3 Å². The van der Waals surface area contributed by atoms with Crippen LogP contribution in [0.2, 0.25) is 0 Å². The number of methoxy groups -OCH3 is 1. The monoisotopic (exact) mass is 477 g/mol.